The zero-order valence-electron chi connectivity index (χ0n) is 15.6. The van der Waals surface area contributed by atoms with Gasteiger partial charge in [0.15, 0.2) is 6.61 Å². The molecule has 1 fully saturated rings. The van der Waals surface area contributed by atoms with Crippen molar-refractivity contribution in [3.8, 4) is 5.75 Å². The predicted octanol–water partition coefficient (Wildman–Crippen LogP) is 1.26. The summed E-state index contributed by atoms with van der Waals surface area (Å²) in [6.45, 7) is 7.89. The highest BCUT2D eigenvalue weighted by Crippen LogP contribution is 2.22. The molecule has 1 aliphatic rings. The third kappa shape index (κ3) is 5.70. The molecule has 25 heavy (non-hydrogen) atoms. The van der Waals surface area contributed by atoms with E-state index >= 15 is 0 Å². The molecule has 140 valence electrons. The third-order valence-electron chi connectivity index (χ3n) is 4.78. The molecule has 1 amide bonds. The second-order valence-electron chi connectivity index (χ2n) is 6.47. The molecule has 0 unspecified atom stereocenters. The Hall–Kier alpha value is -1.63. The standard InChI is InChI=1S/C19H31N3O3/c1-4-22(5-2)19(24)14-25-17-8-6-7-15(11-17)18(20-3)13-21-10-9-16(23)12-21/h6-8,11,16,18,20,23H,4-5,9-10,12-14H2,1-3H3/t16-,18+/m0/s1. The van der Waals surface area contributed by atoms with Crippen molar-refractivity contribution >= 4 is 5.91 Å². The number of rotatable bonds is 9. The van der Waals surface area contributed by atoms with Crippen LogP contribution in [0.15, 0.2) is 24.3 Å². The molecule has 1 aromatic rings. The van der Waals surface area contributed by atoms with E-state index in [-0.39, 0.29) is 24.7 Å². The fourth-order valence-electron chi connectivity index (χ4n) is 3.23. The summed E-state index contributed by atoms with van der Waals surface area (Å²) in [6, 6.07) is 8.05. The Labute approximate surface area is 150 Å². The van der Waals surface area contributed by atoms with E-state index in [2.05, 4.69) is 16.3 Å². The summed E-state index contributed by atoms with van der Waals surface area (Å²) in [6.07, 6.45) is 0.630. The molecule has 2 rings (SSSR count). The van der Waals surface area contributed by atoms with Gasteiger partial charge < -0.3 is 20.1 Å². The van der Waals surface area contributed by atoms with Crippen LogP contribution in [0, 0.1) is 0 Å². The normalized spacial score (nSPS) is 19.0. The topological polar surface area (TPSA) is 65.0 Å². The van der Waals surface area contributed by atoms with Crippen molar-refractivity contribution in [1.82, 2.24) is 15.1 Å². The zero-order chi connectivity index (χ0) is 18.2. The van der Waals surface area contributed by atoms with Crippen LogP contribution in [0.4, 0.5) is 0 Å². The molecule has 1 aliphatic heterocycles. The molecule has 2 atom stereocenters. The quantitative estimate of drug-likeness (QED) is 0.703. The minimum atomic E-state index is -0.210. The summed E-state index contributed by atoms with van der Waals surface area (Å²) in [5, 5.41) is 13.0. The van der Waals surface area contributed by atoms with E-state index in [0.717, 1.165) is 31.6 Å². The van der Waals surface area contributed by atoms with Crippen molar-refractivity contribution in [3.63, 3.8) is 0 Å². The molecule has 6 heteroatoms. The number of aliphatic hydroxyl groups is 1. The van der Waals surface area contributed by atoms with Crippen molar-refractivity contribution in [2.45, 2.75) is 32.4 Å². The fourth-order valence-corrected chi connectivity index (χ4v) is 3.23. The van der Waals surface area contributed by atoms with Crippen LogP contribution >= 0.6 is 0 Å². The lowest BCUT2D eigenvalue weighted by molar-refractivity contribution is -0.132. The molecule has 0 radical (unpaired) electrons. The second-order valence-corrected chi connectivity index (χ2v) is 6.47. The highest BCUT2D eigenvalue weighted by Gasteiger charge is 2.23. The Morgan fingerprint density at radius 2 is 2.20 bits per heavy atom. The molecule has 1 heterocycles. The fraction of sp³-hybridized carbons (Fsp3) is 0.632. The number of nitrogens with one attached hydrogen (secondary N) is 1. The average Bonchev–Trinajstić information content (AvgIpc) is 3.04. The van der Waals surface area contributed by atoms with Gasteiger partial charge in [-0.25, -0.2) is 0 Å². The van der Waals surface area contributed by atoms with Crippen LogP contribution in [0.1, 0.15) is 31.9 Å². The number of β-amino-alcohol motifs (C(OH)–C–C–N with tert-alkyl or cyclic N) is 1. The van der Waals surface area contributed by atoms with Crippen LogP contribution in [0.2, 0.25) is 0 Å². The number of hydrogen-bond acceptors (Lipinski definition) is 5. The Bertz CT molecular complexity index is 548. The van der Waals surface area contributed by atoms with Gasteiger partial charge >= 0.3 is 0 Å². The first-order valence-corrected chi connectivity index (χ1v) is 9.15. The molecule has 2 N–H and O–H groups in total. The number of nitrogens with zero attached hydrogens (tertiary/aromatic N) is 2. The monoisotopic (exact) mass is 349 g/mol. The summed E-state index contributed by atoms with van der Waals surface area (Å²) in [5.41, 5.74) is 1.12. The van der Waals surface area contributed by atoms with Crippen LogP contribution < -0.4 is 10.1 Å². The lowest BCUT2D eigenvalue weighted by Crippen LogP contribution is -2.34. The number of carbonyl (C=O) groups is 1. The van der Waals surface area contributed by atoms with Gasteiger partial charge in [-0.15, -0.1) is 0 Å². The Morgan fingerprint density at radius 1 is 1.44 bits per heavy atom. The van der Waals surface area contributed by atoms with E-state index in [9.17, 15) is 9.90 Å². The molecule has 0 saturated carbocycles. The van der Waals surface area contributed by atoms with Crippen molar-refractivity contribution in [2.75, 3.05) is 46.4 Å². The lowest BCUT2D eigenvalue weighted by Gasteiger charge is -2.24. The Kier molecular flexibility index (Phi) is 7.68. The van der Waals surface area contributed by atoms with Gasteiger partial charge in [-0.2, -0.15) is 0 Å². The number of amides is 1. The van der Waals surface area contributed by atoms with Gasteiger partial charge in [0.25, 0.3) is 5.91 Å². The van der Waals surface area contributed by atoms with Crippen LogP contribution in [0.25, 0.3) is 0 Å². The molecule has 0 spiro atoms. The Morgan fingerprint density at radius 3 is 2.80 bits per heavy atom. The highest BCUT2D eigenvalue weighted by molar-refractivity contribution is 5.77. The van der Waals surface area contributed by atoms with Crippen LogP contribution in [-0.4, -0.2) is 73.3 Å². The SMILES string of the molecule is CCN(CC)C(=O)COc1cccc([C@@H](CN2CC[C@H](O)C2)NC)c1. The van der Waals surface area contributed by atoms with Gasteiger partial charge in [-0.05, 0) is 45.0 Å². The van der Waals surface area contributed by atoms with Gasteiger partial charge in [0, 0.05) is 38.8 Å². The molecular formula is C19H31N3O3. The molecule has 1 aromatic carbocycles. The van der Waals surface area contributed by atoms with Gasteiger partial charge in [-0.3, -0.25) is 9.69 Å². The Balaban J connectivity index is 1.95. The van der Waals surface area contributed by atoms with Crippen molar-refractivity contribution in [2.24, 2.45) is 0 Å². The number of carbonyl (C=O) groups excluding carboxylic acids is 1. The molecule has 0 bridgehead atoms. The predicted molar refractivity (Wildman–Crippen MR) is 98.7 cm³/mol. The minimum absolute atomic E-state index is 0.00613. The first-order valence-electron chi connectivity index (χ1n) is 9.15. The van der Waals surface area contributed by atoms with E-state index in [1.165, 1.54) is 0 Å². The summed E-state index contributed by atoms with van der Waals surface area (Å²) < 4.78 is 5.70. The molecule has 0 aromatic heterocycles. The highest BCUT2D eigenvalue weighted by atomic mass is 16.5. The van der Waals surface area contributed by atoms with Crippen molar-refractivity contribution < 1.29 is 14.6 Å². The maximum atomic E-state index is 12.1. The number of likely N-dealkylation sites (N-methyl/N-ethyl adjacent to an activating group) is 2. The van der Waals surface area contributed by atoms with Gasteiger partial charge in [-0.1, -0.05) is 12.1 Å². The first kappa shape index (κ1) is 19.7. The van der Waals surface area contributed by atoms with E-state index in [1.807, 2.05) is 39.1 Å². The molecular weight excluding hydrogens is 318 g/mol. The van der Waals surface area contributed by atoms with Crippen LogP contribution in [0.5, 0.6) is 5.75 Å². The van der Waals surface area contributed by atoms with Crippen LogP contribution in [-0.2, 0) is 4.79 Å². The largest absolute Gasteiger partial charge is 0.484 e. The van der Waals surface area contributed by atoms with Crippen LogP contribution in [0.3, 0.4) is 0 Å². The third-order valence-corrected chi connectivity index (χ3v) is 4.78. The molecule has 0 aliphatic carbocycles. The number of hydrogen-bond donors (Lipinski definition) is 2. The van der Waals surface area contributed by atoms with Crippen molar-refractivity contribution in [1.29, 1.82) is 0 Å². The molecule has 6 nitrogen and oxygen atoms in total. The van der Waals surface area contributed by atoms with E-state index < -0.39 is 0 Å². The summed E-state index contributed by atoms with van der Waals surface area (Å²) in [5.74, 6) is 0.714. The summed E-state index contributed by atoms with van der Waals surface area (Å²) in [7, 11) is 1.94. The average molecular weight is 349 g/mol. The number of ether oxygens (including phenoxy) is 1. The number of aliphatic hydroxyl groups excluding tert-OH is 1. The van der Waals surface area contributed by atoms with Gasteiger partial charge in [0.1, 0.15) is 5.75 Å². The first-order chi connectivity index (χ1) is 12.1. The smallest absolute Gasteiger partial charge is 0.260 e. The summed E-state index contributed by atoms with van der Waals surface area (Å²) in [4.78, 5) is 16.1. The van der Waals surface area contributed by atoms with E-state index in [4.69, 9.17) is 4.74 Å². The minimum Gasteiger partial charge on any atom is -0.484 e. The lowest BCUT2D eigenvalue weighted by atomic mass is 10.1. The van der Waals surface area contributed by atoms with Crippen molar-refractivity contribution in [3.05, 3.63) is 29.8 Å². The summed E-state index contributed by atoms with van der Waals surface area (Å²) >= 11 is 0. The van der Waals surface area contributed by atoms with Gasteiger partial charge in [0.2, 0.25) is 0 Å². The second kappa shape index (κ2) is 9.75. The zero-order valence-corrected chi connectivity index (χ0v) is 15.6. The van der Waals surface area contributed by atoms with E-state index in [0.29, 0.717) is 18.8 Å². The number of likely N-dealkylation sites (tertiary alicyclic amines) is 1. The maximum Gasteiger partial charge on any atom is 0.260 e. The number of benzene rings is 1. The maximum absolute atomic E-state index is 12.1. The molecule has 1 saturated heterocycles. The van der Waals surface area contributed by atoms with Gasteiger partial charge in [0.05, 0.1) is 6.10 Å². The van der Waals surface area contributed by atoms with E-state index in [1.54, 1.807) is 4.90 Å².